The standard InChI is InChI=1S/C40H86N6O20P2Si2/c1-45(2,3)27-29-63-67(51,52)65-33-31-61-37(47)19-25-43(23-17-35-69(55-7,56-8)57-9)39(49)41-21-15-13-14-16-22-42-40(50)44(24-18-36-70(58-10,59-11)60-12)26-20-38(48)62-32-34-66-68(53,54)64-30-28-46(4,5)6/h13-36H2,1-12H3,(H2-2,41,42,49,50,51,52,53,54)/p+2. The van der Waals surface area contributed by atoms with Crippen molar-refractivity contribution in [2.45, 2.75) is 63.5 Å². The second-order valence-corrected chi connectivity index (χ2v) is 27.0. The molecule has 70 heavy (non-hydrogen) atoms. The second kappa shape index (κ2) is 36.1. The molecule has 0 aliphatic carbocycles. The number of amides is 4. The van der Waals surface area contributed by atoms with Gasteiger partial charge in [0, 0.05) is 94.0 Å². The molecule has 0 bridgehead atoms. The Morgan fingerprint density at radius 2 is 0.800 bits per heavy atom. The lowest BCUT2D eigenvalue weighted by Gasteiger charge is -2.27. The van der Waals surface area contributed by atoms with Crippen LogP contribution < -0.4 is 20.4 Å². The Labute approximate surface area is 419 Å². The van der Waals surface area contributed by atoms with Crippen LogP contribution in [0, 0.1) is 0 Å². The van der Waals surface area contributed by atoms with Crippen molar-refractivity contribution >= 4 is 58.0 Å². The Balaban J connectivity index is 5.09. The SMILES string of the molecule is CO[Si](CCCN(CCC(=O)OCCO[P+]([O-])(O)OCC[N+](C)(C)C)C(=O)NCCCCCCNC(=O)N(CCC[Si](OC)(OC)OC)CCC(=O)OCCO[P+]([O-])(O)OCC[N+](C)(C)C)(OC)OC. The Bertz CT molecular complexity index is 1330. The molecule has 26 nitrogen and oxygen atoms in total. The van der Waals surface area contributed by atoms with E-state index in [0.29, 0.717) is 72.9 Å². The number of quaternary nitrogens is 2. The predicted octanol–water partition coefficient (Wildman–Crippen LogP) is 0.512. The minimum atomic E-state index is -4.32. The van der Waals surface area contributed by atoms with Crippen LogP contribution in [0.2, 0.25) is 12.1 Å². The average Bonchev–Trinajstić information content (AvgIpc) is 3.29. The van der Waals surface area contributed by atoms with E-state index in [1.165, 1.54) is 52.5 Å². The van der Waals surface area contributed by atoms with Gasteiger partial charge in [-0.2, -0.15) is 27.9 Å². The fourth-order valence-corrected chi connectivity index (χ4v) is 10.9. The summed E-state index contributed by atoms with van der Waals surface area (Å²) >= 11 is 0. The van der Waals surface area contributed by atoms with Gasteiger partial charge in [-0.05, 0) is 25.7 Å². The smallest absolute Gasteiger partial charge is 0.500 e. The van der Waals surface area contributed by atoms with E-state index in [9.17, 15) is 38.8 Å². The van der Waals surface area contributed by atoms with Crippen LogP contribution >= 0.6 is 16.3 Å². The van der Waals surface area contributed by atoms with Gasteiger partial charge in [0.15, 0.2) is 0 Å². The number of esters is 2. The Hall–Kier alpha value is -1.87. The number of carbonyl (C=O) groups is 4. The molecular formula is C40H88N6O20P2Si2+2. The molecule has 2 unspecified atom stereocenters. The maximum absolute atomic E-state index is 13.3. The first kappa shape index (κ1) is 68.1. The minimum absolute atomic E-state index is 0.00238. The quantitative estimate of drug-likeness (QED) is 0.0213. The zero-order valence-electron chi connectivity index (χ0n) is 43.9. The van der Waals surface area contributed by atoms with Crippen molar-refractivity contribution in [3.63, 3.8) is 0 Å². The predicted molar refractivity (Wildman–Crippen MR) is 260 cm³/mol. The van der Waals surface area contributed by atoms with E-state index < -0.39 is 45.9 Å². The first-order valence-electron chi connectivity index (χ1n) is 23.3. The highest BCUT2D eigenvalue weighted by Gasteiger charge is 2.38. The van der Waals surface area contributed by atoms with Gasteiger partial charge in [-0.15, -0.1) is 0 Å². The highest BCUT2D eigenvalue weighted by molar-refractivity contribution is 7.53. The van der Waals surface area contributed by atoms with Crippen LogP contribution in [0.25, 0.3) is 0 Å². The number of unbranched alkanes of at least 4 members (excludes halogenated alkanes) is 3. The number of likely N-dealkylation sites (N-methyl/N-ethyl adjacent to an activating group) is 2. The summed E-state index contributed by atoms with van der Waals surface area (Å²) in [6.07, 6.45) is 3.38. The van der Waals surface area contributed by atoms with Gasteiger partial charge in [0.05, 0.1) is 55.1 Å². The third kappa shape index (κ3) is 33.8. The molecule has 0 saturated carbocycles. The first-order chi connectivity index (χ1) is 32.8. The number of phosphoric acid groups is 2. The monoisotopic (exact) mass is 1090 g/mol. The maximum Gasteiger partial charge on any atom is 0.500 e. The van der Waals surface area contributed by atoms with Crippen LogP contribution in [-0.2, 0) is 63.7 Å². The summed E-state index contributed by atoms with van der Waals surface area (Å²) in [5.74, 6) is -1.26. The van der Waals surface area contributed by atoms with Crippen LogP contribution in [0.1, 0.15) is 51.4 Å². The van der Waals surface area contributed by atoms with Crippen LogP contribution in [0.4, 0.5) is 9.59 Å². The zero-order valence-corrected chi connectivity index (χ0v) is 47.7. The molecule has 0 aromatic heterocycles. The second-order valence-electron chi connectivity index (χ2n) is 17.9. The molecule has 0 aromatic carbocycles. The minimum Gasteiger partial charge on any atom is -0.606 e. The molecule has 0 rings (SSSR count). The van der Waals surface area contributed by atoms with Gasteiger partial charge in [-0.25, -0.2) is 9.59 Å². The first-order valence-corrected chi connectivity index (χ1v) is 30.1. The molecule has 0 fully saturated rings. The molecule has 0 aliphatic rings. The van der Waals surface area contributed by atoms with Crippen molar-refractivity contribution < 1.29 is 102 Å². The van der Waals surface area contributed by atoms with Gasteiger partial charge < -0.3 is 75.2 Å². The van der Waals surface area contributed by atoms with Gasteiger partial charge in [-0.1, -0.05) is 12.8 Å². The molecular weight excluding hydrogens is 1000 g/mol. The van der Waals surface area contributed by atoms with Crippen LogP contribution in [0.5, 0.6) is 0 Å². The van der Waals surface area contributed by atoms with E-state index in [0.717, 1.165) is 12.8 Å². The number of hydrogen-bond acceptors (Lipinski definition) is 20. The van der Waals surface area contributed by atoms with Crippen molar-refractivity contribution in [2.75, 3.05) is 177 Å². The Morgan fingerprint density at radius 3 is 1.10 bits per heavy atom. The average molecular weight is 1090 g/mol. The normalized spacial score (nSPS) is 14.1. The number of carbonyl (C=O) groups excluding carboxylic acids is 4. The van der Waals surface area contributed by atoms with E-state index >= 15 is 0 Å². The largest absolute Gasteiger partial charge is 0.606 e. The van der Waals surface area contributed by atoms with Gasteiger partial charge in [0.2, 0.25) is 0 Å². The van der Waals surface area contributed by atoms with Crippen LogP contribution in [0.15, 0.2) is 0 Å². The lowest BCUT2D eigenvalue weighted by atomic mass is 10.2. The van der Waals surface area contributed by atoms with E-state index in [4.69, 9.17) is 54.1 Å². The third-order valence-corrected chi connectivity index (χ3v) is 18.0. The molecule has 0 radical (unpaired) electrons. The summed E-state index contributed by atoms with van der Waals surface area (Å²) < 4.78 is 64.1. The van der Waals surface area contributed by atoms with Crippen molar-refractivity contribution in [3.05, 3.63) is 0 Å². The number of phosphoric ester groups is 2. The van der Waals surface area contributed by atoms with Crippen molar-refractivity contribution in [1.29, 1.82) is 0 Å². The number of nitrogens with one attached hydrogen (secondary N) is 2. The van der Waals surface area contributed by atoms with Crippen molar-refractivity contribution in [3.8, 4) is 0 Å². The zero-order chi connectivity index (χ0) is 53.3. The molecule has 0 spiro atoms. The molecule has 0 aliphatic heterocycles. The molecule has 0 saturated heterocycles. The Morgan fingerprint density at radius 1 is 0.486 bits per heavy atom. The van der Waals surface area contributed by atoms with Gasteiger partial charge in [0.1, 0.15) is 52.7 Å². The topological polar surface area (TPSA) is 296 Å². The lowest BCUT2D eigenvalue weighted by Crippen LogP contribution is -2.45. The summed E-state index contributed by atoms with van der Waals surface area (Å²) in [7, 11) is 5.93. The molecule has 4 N–H and O–H groups in total. The number of nitrogens with zero attached hydrogens (tertiary/aromatic N) is 4. The summed E-state index contributed by atoms with van der Waals surface area (Å²) in [6.45, 7) is 0.951. The van der Waals surface area contributed by atoms with Crippen molar-refractivity contribution in [2.24, 2.45) is 0 Å². The lowest BCUT2D eigenvalue weighted by molar-refractivity contribution is -0.870. The summed E-state index contributed by atoms with van der Waals surface area (Å²) in [5.41, 5.74) is 0. The van der Waals surface area contributed by atoms with Gasteiger partial charge >= 0.3 is 58.0 Å². The van der Waals surface area contributed by atoms with Gasteiger partial charge in [0.25, 0.3) is 0 Å². The molecule has 30 heteroatoms. The van der Waals surface area contributed by atoms with Crippen LogP contribution in [0.3, 0.4) is 0 Å². The molecule has 2 atom stereocenters. The fraction of sp³-hybridized carbons (Fsp3) is 0.900. The molecule has 4 amide bonds. The maximum atomic E-state index is 13.3. The van der Waals surface area contributed by atoms with E-state index in [1.54, 1.807) is 0 Å². The summed E-state index contributed by atoms with van der Waals surface area (Å²) in [4.78, 5) is 98.7. The number of rotatable bonds is 43. The van der Waals surface area contributed by atoms with Crippen molar-refractivity contribution in [1.82, 2.24) is 20.4 Å². The van der Waals surface area contributed by atoms with Gasteiger partial charge in [-0.3, -0.25) is 9.59 Å². The third-order valence-electron chi connectivity index (χ3n) is 10.3. The number of ether oxygens (including phenoxy) is 2. The van der Waals surface area contributed by atoms with E-state index in [-0.39, 0.29) is 90.7 Å². The molecule has 0 heterocycles. The highest BCUT2D eigenvalue weighted by atomic mass is 31.2. The van der Waals surface area contributed by atoms with Crippen LogP contribution in [-0.4, -0.2) is 247 Å². The number of urea groups is 2. The molecule has 0 aromatic rings. The summed E-state index contributed by atoms with van der Waals surface area (Å²) in [5, 5.41) is 5.80. The molecule has 414 valence electrons. The van der Waals surface area contributed by atoms with E-state index in [2.05, 4.69) is 10.6 Å². The summed E-state index contributed by atoms with van der Waals surface area (Å²) in [6, 6.07) is 0.0592. The Kier molecular flexibility index (Phi) is 35.2. The number of hydrogen-bond donors (Lipinski definition) is 4. The highest BCUT2D eigenvalue weighted by Crippen LogP contribution is 2.47. The van der Waals surface area contributed by atoms with E-state index in [1.807, 2.05) is 42.3 Å². The fourth-order valence-electron chi connectivity index (χ4n) is 6.08.